The van der Waals surface area contributed by atoms with Crippen molar-refractivity contribution in [3.63, 3.8) is 0 Å². The van der Waals surface area contributed by atoms with Crippen LogP contribution < -0.4 is 5.32 Å². The van der Waals surface area contributed by atoms with Crippen molar-refractivity contribution in [1.82, 2.24) is 4.98 Å². The number of carbonyl (C=O) groups excluding carboxylic acids is 1. The number of alkyl halides is 3. The lowest BCUT2D eigenvalue weighted by atomic mass is 10.2. The average Bonchev–Trinajstić information content (AvgIpc) is 2.82. The molecule has 0 radical (unpaired) electrons. The molecule has 132 valence electrons. The minimum Gasteiger partial charge on any atom is -0.461 e. The van der Waals surface area contributed by atoms with Gasteiger partial charge >= 0.3 is 12.1 Å². The fraction of sp³-hybridized carbons (Fsp3) is 0.667. The first-order valence-electron chi connectivity index (χ1n) is 7.58. The van der Waals surface area contributed by atoms with Gasteiger partial charge in [0.2, 0.25) is 0 Å². The molecule has 1 aromatic rings. The van der Waals surface area contributed by atoms with E-state index in [1.165, 1.54) is 0 Å². The smallest absolute Gasteiger partial charge is 0.414 e. The number of nitrogens with one attached hydrogen (secondary N) is 2. The maximum atomic E-state index is 12.7. The van der Waals surface area contributed by atoms with Gasteiger partial charge < -0.3 is 19.8 Å². The fourth-order valence-electron chi connectivity index (χ4n) is 2.09. The standard InChI is InChI=1S/C15H23F3N2O3/c1-4-6-11(15(16,17)18)23-8-7-19-12-10(3)9-20-13(12)14(21)22-5-2/h9,11,19-20H,4-8H2,1-3H3. The second-order valence-corrected chi connectivity index (χ2v) is 5.06. The van der Waals surface area contributed by atoms with Gasteiger partial charge in [-0.05, 0) is 25.8 Å². The summed E-state index contributed by atoms with van der Waals surface area (Å²) in [6.07, 6.45) is -4.17. The number of hydrogen-bond acceptors (Lipinski definition) is 4. The lowest BCUT2D eigenvalue weighted by Crippen LogP contribution is -2.33. The van der Waals surface area contributed by atoms with Crippen LogP contribution in [0.2, 0.25) is 0 Å². The van der Waals surface area contributed by atoms with E-state index in [2.05, 4.69) is 10.3 Å². The second-order valence-electron chi connectivity index (χ2n) is 5.06. The highest BCUT2D eigenvalue weighted by Crippen LogP contribution is 2.26. The number of anilines is 1. The van der Waals surface area contributed by atoms with E-state index in [1.54, 1.807) is 27.0 Å². The van der Waals surface area contributed by atoms with Crippen molar-refractivity contribution in [2.75, 3.05) is 25.1 Å². The zero-order chi connectivity index (χ0) is 17.5. The lowest BCUT2D eigenvalue weighted by molar-refractivity contribution is -0.221. The second kappa shape index (κ2) is 8.81. The van der Waals surface area contributed by atoms with Crippen molar-refractivity contribution in [3.8, 4) is 0 Å². The normalized spacial score (nSPS) is 13.0. The molecule has 0 amide bonds. The van der Waals surface area contributed by atoms with Gasteiger partial charge in [-0.3, -0.25) is 0 Å². The number of carbonyl (C=O) groups is 1. The van der Waals surface area contributed by atoms with E-state index in [0.29, 0.717) is 12.1 Å². The molecule has 5 nitrogen and oxygen atoms in total. The van der Waals surface area contributed by atoms with Gasteiger partial charge in [-0.1, -0.05) is 13.3 Å². The SMILES string of the molecule is CCCC(OCCNc1c(C)c[nH]c1C(=O)OCC)C(F)(F)F. The minimum atomic E-state index is -4.36. The third-order valence-electron chi connectivity index (χ3n) is 3.20. The van der Waals surface area contributed by atoms with Gasteiger partial charge in [0, 0.05) is 12.7 Å². The number of rotatable bonds is 9. The molecule has 2 N–H and O–H groups in total. The Morgan fingerprint density at radius 3 is 2.65 bits per heavy atom. The van der Waals surface area contributed by atoms with E-state index >= 15 is 0 Å². The molecule has 1 atom stereocenters. The number of H-pyrrole nitrogens is 1. The summed E-state index contributed by atoms with van der Waals surface area (Å²) >= 11 is 0. The molecule has 0 aliphatic rings. The Morgan fingerprint density at radius 2 is 2.09 bits per heavy atom. The van der Waals surface area contributed by atoms with E-state index in [9.17, 15) is 18.0 Å². The summed E-state index contributed by atoms with van der Waals surface area (Å²) < 4.78 is 48.0. The van der Waals surface area contributed by atoms with Crippen LogP contribution in [0.1, 0.15) is 42.7 Å². The summed E-state index contributed by atoms with van der Waals surface area (Å²) in [5.74, 6) is -0.511. The van der Waals surface area contributed by atoms with E-state index in [1.807, 2.05) is 0 Å². The zero-order valence-corrected chi connectivity index (χ0v) is 13.5. The Bertz CT molecular complexity index is 501. The number of aromatic nitrogens is 1. The van der Waals surface area contributed by atoms with Crippen molar-refractivity contribution >= 4 is 11.7 Å². The average molecular weight is 336 g/mol. The van der Waals surface area contributed by atoms with Crippen molar-refractivity contribution in [3.05, 3.63) is 17.5 Å². The molecule has 0 aromatic carbocycles. The Balaban J connectivity index is 2.56. The summed E-state index contributed by atoms with van der Waals surface area (Å²) in [4.78, 5) is 14.6. The Kier molecular flexibility index (Phi) is 7.41. The maximum Gasteiger partial charge on any atom is 0.414 e. The maximum absolute atomic E-state index is 12.7. The summed E-state index contributed by atoms with van der Waals surface area (Å²) in [7, 11) is 0. The number of ether oxygens (including phenoxy) is 2. The van der Waals surface area contributed by atoms with Crippen LogP contribution in [0.5, 0.6) is 0 Å². The van der Waals surface area contributed by atoms with E-state index in [4.69, 9.17) is 9.47 Å². The molecule has 8 heteroatoms. The van der Waals surface area contributed by atoms with Gasteiger partial charge in [0.25, 0.3) is 0 Å². The molecule has 0 saturated heterocycles. The van der Waals surface area contributed by atoms with Gasteiger partial charge in [0.1, 0.15) is 5.69 Å². The van der Waals surface area contributed by atoms with Crippen LogP contribution in [0, 0.1) is 6.92 Å². The Morgan fingerprint density at radius 1 is 1.39 bits per heavy atom. The topological polar surface area (TPSA) is 63.3 Å². The fourth-order valence-corrected chi connectivity index (χ4v) is 2.09. The Labute approximate surface area is 133 Å². The van der Waals surface area contributed by atoms with Crippen molar-refractivity contribution in [2.45, 2.75) is 45.9 Å². The first-order chi connectivity index (χ1) is 10.8. The van der Waals surface area contributed by atoms with Gasteiger partial charge in [0.05, 0.1) is 18.9 Å². The number of aryl methyl sites for hydroxylation is 1. The summed E-state index contributed by atoms with van der Waals surface area (Å²) in [6, 6.07) is 0. The number of esters is 1. The molecular weight excluding hydrogens is 313 g/mol. The van der Waals surface area contributed by atoms with Crippen LogP contribution in [-0.4, -0.2) is 43.0 Å². The largest absolute Gasteiger partial charge is 0.461 e. The van der Waals surface area contributed by atoms with Crippen LogP contribution in [0.4, 0.5) is 18.9 Å². The molecule has 0 saturated carbocycles. The number of hydrogen-bond donors (Lipinski definition) is 2. The molecule has 0 aliphatic heterocycles. The monoisotopic (exact) mass is 336 g/mol. The van der Waals surface area contributed by atoms with Gasteiger partial charge in [-0.2, -0.15) is 13.2 Å². The molecule has 0 bridgehead atoms. The highest BCUT2D eigenvalue weighted by Gasteiger charge is 2.39. The first kappa shape index (κ1) is 19.3. The molecule has 1 aromatic heterocycles. The van der Waals surface area contributed by atoms with Crippen molar-refractivity contribution in [2.24, 2.45) is 0 Å². The third kappa shape index (κ3) is 5.78. The van der Waals surface area contributed by atoms with Crippen LogP contribution in [0.25, 0.3) is 0 Å². The van der Waals surface area contributed by atoms with Crippen LogP contribution >= 0.6 is 0 Å². The predicted molar refractivity (Wildman–Crippen MR) is 80.7 cm³/mol. The lowest BCUT2D eigenvalue weighted by Gasteiger charge is -2.20. The van der Waals surface area contributed by atoms with Crippen molar-refractivity contribution < 1.29 is 27.4 Å². The number of halogens is 3. The van der Waals surface area contributed by atoms with E-state index < -0.39 is 18.2 Å². The molecule has 1 rings (SSSR count). The zero-order valence-electron chi connectivity index (χ0n) is 13.5. The first-order valence-corrected chi connectivity index (χ1v) is 7.58. The van der Waals surface area contributed by atoms with Gasteiger partial charge in [0.15, 0.2) is 6.10 Å². The molecule has 23 heavy (non-hydrogen) atoms. The third-order valence-corrected chi connectivity index (χ3v) is 3.20. The van der Waals surface area contributed by atoms with Gasteiger partial charge in [-0.25, -0.2) is 4.79 Å². The Hall–Kier alpha value is -1.70. The minimum absolute atomic E-state index is 0.0687. The van der Waals surface area contributed by atoms with Gasteiger partial charge in [-0.15, -0.1) is 0 Å². The summed E-state index contributed by atoms with van der Waals surface area (Å²) in [6.45, 7) is 5.43. The molecule has 0 spiro atoms. The highest BCUT2D eigenvalue weighted by molar-refractivity contribution is 5.94. The summed E-state index contributed by atoms with van der Waals surface area (Å²) in [5.41, 5.74) is 1.55. The van der Waals surface area contributed by atoms with Crippen LogP contribution in [0.15, 0.2) is 6.20 Å². The van der Waals surface area contributed by atoms with E-state index in [-0.39, 0.29) is 31.9 Å². The van der Waals surface area contributed by atoms with E-state index in [0.717, 1.165) is 5.56 Å². The molecule has 1 unspecified atom stereocenters. The summed E-state index contributed by atoms with van der Waals surface area (Å²) in [5, 5.41) is 2.93. The predicted octanol–water partition coefficient (Wildman–Crippen LogP) is 3.66. The molecule has 1 heterocycles. The quantitative estimate of drug-likeness (QED) is 0.534. The molecule has 0 fully saturated rings. The van der Waals surface area contributed by atoms with Crippen LogP contribution in [-0.2, 0) is 9.47 Å². The number of aromatic amines is 1. The van der Waals surface area contributed by atoms with Crippen molar-refractivity contribution in [1.29, 1.82) is 0 Å². The molecular formula is C15H23F3N2O3. The molecule has 0 aliphatic carbocycles. The highest BCUT2D eigenvalue weighted by atomic mass is 19.4. The van der Waals surface area contributed by atoms with Crippen LogP contribution in [0.3, 0.4) is 0 Å².